The molecule has 0 atom stereocenters. The summed E-state index contributed by atoms with van der Waals surface area (Å²) in [5, 5.41) is 18.6. The van der Waals surface area contributed by atoms with E-state index in [0.717, 1.165) is 22.5 Å². The van der Waals surface area contributed by atoms with Gasteiger partial charge >= 0.3 is 5.97 Å². The van der Waals surface area contributed by atoms with E-state index in [2.05, 4.69) is 10.4 Å². The fraction of sp³-hybridized carbons (Fsp3) is 0.100. The lowest BCUT2D eigenvalue weighted by Gasteiger charge is -2.13. The molecule has 1 aromatic heterocycles. The number of hydrogen-bond acceptors (Lipinski definition) is 5. The number of amides is 1. The number of nitrogens with one attached hydrogen (secondary N) is 1. The van der Waals surface area contributed by atoms with Gasteiger partial charge in [0.1, 0.15) is 17.3 Å². The summed E-state index contributed by atoms with van der Waals surface area (Å²) >= 11 is 6.31. The predicted molar refractivity (Wildman–Crippen MR) is 149 cm³/mol. The molecule has 2 heterocycles. The summed E-state index contributed by atoms with van der Waals surface area (Å²) in [4.78, 5) is 23.9. The van der Waals surface area contributed by atoms with Gasteiger partial charge in [0, 0.05) is 17.7 Å². The second-order valence-corrected chi connectivity index (χ2v) is 9.38. The number of nitrogens with zero attached hydrogens (tertiary/aromatic N) is 2. The third-order valence-corrected chi connectivity index (χ3v) is 6.60. The first-order valence-corrected chi connectivity index (χ1v) is 12.4. The van der Waals surface area contributed by atoms with Crippen LogP contribution in [0.25, 0.3) is 17.4 Å². The number of carbonyl (C=O) groups excluding carboxylic acids is 1. The molecule has 1 amide bonds. The van der Waals surface area contributed by atoms with Crippen molar-refractivity contribution in [3.05, 3.63) is 118 Å². The van der Waals surface area contributed by atoms with E-state index >= 15 is 0 Å². The Kier molecular flexibility index (Phi) is 7.29. The minimum Gasteiger partial charge on any atom is -0.478 e. The molecule has 0 saturated heterocycles. The molecule has 7 nitrogen and oxygen atoms in total. The van der Waals surface area contributed by atoms with E-state index in [1.54, 1.807) is 59.6 Å². The maximum absolute atomic E-state index is 13.1. The highest BCUT2D eigenvalue weighted by Crippen LogP contribution is 2.29. The Morgan fingerprint density at radius 3 is 2.54 bits per heavy atom. The van der Waals surface area contributed by atoms with Gasteiger partial charge in [-0.3, -0.25) is 9.80 Å². The maximum Gasteiger partial charge on any atom is 0.335 e. The van der Waals surface area contributed by atoms with Crippen LogP contribution in [-0.4, -0.2) is 29.2 Å². The number of aromatic carboxylic acids is 1. The van der Waals surface area contributed by atoms with Crippen molar-refractivity contribution < 1.29 is 23.5 Å². The minimum absolute atomic E-state index is 0.216. The van der Waals surface area contributed by atoms with Gasteiger partial charge in [-0.2, -0.15) is 5.10 Å². The standard InChI is InChI=1S/C30H23ClFN3O4/c1-18-22(17-35(34-18)24-9-4-20(5-10-24)30(37)38)14-25-11-13-28(39-25)21-6-12-27(31)26(15-21)29(36)33-16-19-2-7-23(32)8-3-19/h2-15H,16-17H2,1H3,(H,33,36)(H,37,38)/b22-14+. The molecule has 9 heteroatoms. The van der Waals surface area contributed by atoms with Crippen molar-refractivity contribution in [2.75, 3.05) is 11.6 Å². The Morgan fingerprint density at radius 2 is 1.82 bits per heavy atom. The lowest BCUT2D eigenvalue weighted by atomic mass is 10.1. The number of halogens is 2. The Hall–Kier alpha value is -4.69. The number of benzene rings is 3. The second-order valence-electron chi connectivity index (χ2n) is 8.97. The Bertz CT molecular complexity index is 1610. The number of furan rings is 1. The molecular weight excluding hydrogens is 521 g/mol. The quantitative estimate of drug-likeness (QED) is 0.272. The third-order valence-electron chi connectivity index (χ3n) is 6.27. The van der Waals surface area contributed by atoms with Crippen molar-refractivity contribution in [3.8, 4) is 11.3 Å². The van der Waals surface area contributed by atoms with E-state index in [4.69, 9.17) is 21.1 Å². The monoisotopic (exact) mass is 543 g/mol. The predicted octanol–water partition coefficient (Wildman–Crippen LogP) is 6.65. The number of carbonyl (C=O) groups is 2. The van der Waals surface area contributed by atoms with Gasteiger partial charge in [-0.25, -0.2) is 9.18 Å². The summed E-state index contributed by atoms with van der Waals surface area (Å²) in [7, 11) is 0. The number of hydrazone groups is 1. The van der Waals surface area contributed by atoms with Crippen molar-refractivity contribution in [2.24, 2.45) is 5.10 Å². The zero-order chi connectivity index (χ0) is 27.5. The van der Waals surface area contributed by atoms with Gasteiger partial charge in [0.2, 0.25) is 0 Å². The Morgan fingerprint density at radius 1 is 1.08 bits per heavy atom. The SMILES string of the molecule is CC1=NN(c2ccc(C(=O)O)cc2)C/C1=C\c1ccc(-c2ccc(Cl)c(C(=O)NCc3ccc(F)cc3)c2)o1. The first-order valence-electron chi connectivity index (χ1n) is 12.1. The summed E-state index contributed by atoms with van der Waals surface area (Å²) in [6, 6.07) is 21.2. The largest absolute Gasteiger partial charge is 0.478 e. The molecule has 0 saturated carbocycles. The summed E-state index contributed by atoms with van der Waals surface area (Å²) in [6.07, 6.45) is 1.90. The molecule has 196 valence electrons. The first kappa shape index (κ1) is 25.9. The van der Waals surface area contributed by atoms with Crippen LogP contribution in [-0.2, 0) is 6.54 Å². The average molecular weight is 544 g/mol. The molecule has 0 unspecified atom stereocenters. The van der Waals surface area contributed by atoms with Gasteiger partial charge in [0.15, 0.2) is 0 Å². The molecular formula is C30H23ClFN3O4. The molecule has 0 radical (unpaired) electrons. The van der Waals surface area contributed by atoms with E-state index in [0.29, 0.717) is 34.2 Å². The van der Waals surface area contributed by atoms with Gasteiger partial charge in [0.25, 0.3) is 5.91 Å². The minimum atomic E-state index is -0.977. The normalized spacial score (nSPS) is 14.0. The fourth-order valence-corrected chi connectivity index (χ4v) is 4.32. The summed E-state index contributed by atoms with van der Waals surface area (Å²) in [5.41, 5.74) is 4.53. The topological polar surface area (TPSA) is 95.1 Å². The van der Waals surface area contributed by atoms with E-state index in [-0.39, 0.29) is 23.8 Å². The molecule has 3 aromatic carbocycles. The van der Waals surface area contributed by atoms with Gasteiger partial charge in [-0.1, -0.05) is 23.7 Å². The highest BCUT2D eigenvalue weighted by molar-refractivity contribution is 6.34. The van der Waals surface area contributed by atoms with Crippen LogP contribution in [0.5, 0.6) is 0 Å². The maximum atomic E-state index is 13.1. The number of rotatable bonds is 7. The molecule has 0 bridgehead atoms. The molecule has 0 aliphatic carbocycles. The lowest BCUT2D eigenvalue weighted by molar-refractivity contribution is 0.0696. The fourth-order valence-electron chi connectivity index (χ4n) is 4.12. The smallest absolute Gasteiger partial charge is 0.335 e. The van der Waals surface area contributed by atoms with E-state index in [9.17, 15) is 14.0 Å². The van der Waals surface area contributed by atoms with Crippen molar-refractivity contribution in [2.45, 2.75) is 13.5 Å². The summed E-state index contributed by atoms with van der Waals surface area (Å²) in [5.74, 6) is -0.478. The van der Waals surface area contributed by atoms with Crippen LogP contribution in [0, 0.1) is 5.82 Å². The van der Waals surface area contributed by atoms with Crippen LogP contribution in [0.1, 0.15) is 39.0 Å². The van der Waals surface area contributed by atoms with Crippen molar-refractivity contribution in [1.82, 2.24) is 5.32 Å². The molecule has 5 rings (SSSR count). The molecule has 0 fully saturated rings. The van der Waals surface area contributed by atoms with E-state index in [1.807, 2.05) is 25.1 Å². The van der Waals surface area contributed by atoms with Crippen LogP contribution < -0.4 is 10.3 Å². The zero-order valence-corrected chi connectivity index (χ0v) is 21.6. The molecule has 1 aliphatic heterocycles. The number of anilines is 1. The molecule has 1 aliphatic rings. The molecule has 2 N–H and O–H groups in total. The van der Waals surface area contributed by atoms with Crippen molar-refractivity contribution >= 4 is 41.0 Å². The molecule has 0 spiro atoms. The van der Waals surface area contributed by atoms with E-state index in [1.165, 1.54) is 12.1 Å². The highest BCUT2D eigenvalue weighted by Gasteiger charge is 2.20. The Balaban J connectivity index is 1.29. The van der Waals surface area contributed by atoms with E-state index < -0.39 is 5.97 Å². The average Bonchev–Trinajstić information content (AvgIpc) is 3.55. The zero-order valence-electron chi connectivity index (χ0n) is 20.8. The highest BCUT2D eigenvalue weighted by atomic mass is 35.5. The van der Waals surface area contributed by atoms with Crippen LogP contribution in [0.3, 0.4) is 0 Å². The number of carboxylic acid groups (broad SMARTS) is 1. The Labute approximate surface area is 228 Å². The first-order chi connectivity index (χ1) is 18.8. The number of carboxylic acids is 1. The van der Waals surface area contributed by atoms with Crippen molar-refractivity contribution in [1.29, 1.82) is 0 Å². The second kappa shape index (κ2) is 11.0. The van der Waals surface area contributed by atoms with Gasteiger partial charge in [0.05, 0.1) is 34.1 Å². The van der Waals surface area contributed by atoms with Crippen molar-refractivity contribution in [3.63, 3.8) is 0 Å². The van der Waals surface area contributed by atoms with Crippen LogP contribution in [0.2, 0.25) is 5.02 Å². The van der Waals surface area contributed by atoms with Crippen LogP contribution >= 0.6 is 11.6 Å². The van der Waals surface area contributed by atoms with Gasteiger partial charge in [-0.15, -0.1) is 0 Å². The van der Waals surface area contributed by atoms with Crippen LogP contribution in [0.15, 0.2) is 94.0 Å². The van der Waals surface area contributed by atoms with Crippen LogP contribution in [0.4, 0.5) is 10.1 Å². The van der Waals surface area contributed by atoms with Gasteiger partial charge < -0.3 is 14.8 Å². The molecule has 4 aromatic rings. The molecule has 39 heavy (non-hydrogen) atoms. The summed E-state index contributed by atoms with van der Waals surface area (Å²) < 4.78 is 19.2. The summed E-state index contributed by atoms with van der Waals surface area (Å²) in [6.45, 7) is 2.64. The third kappa shape index (κ3) is 5.91. The lowest BCUT2D eigenvalue weighted by Crippen LogP contribution is -2.23. The van der Waals surface area contributed by atoms with Gasteiger partial charge in [-0.05, 0) is 85.3 Å². The number of hydrogen-bond donors (Lipinski definition) is 2.